The number of rotatable bonds is 6. The summed E-state index contributed by atoms with van der Waals surface area (Å²) < 4.78 is 29.6. The normalized spacial score (nSPS) is 11.9. The fourth-order valence-electron chi connectivity index (χ4n) is 1.42. The van der Waals surface area contributed by atoms with E-state index in [1.54, 1.807) is 12.1 Å². The van der Waals surface area contributed by atoms with Crippen LogP contribution in [0.25, 0.3) is 0 Å². The first-order valence-electron chi connectivity index (χ1n) is 5.68. The number of hydrogen-bond acceptors (Lipinski definition) is 6. The summed E-state index contributed by atoms with van der Waals surface area (Å²) in [4.78, 5) is 11.5. The summed E-state index contributed by atoms with van der Waals surface area (Å²) in [7, 11) is -3.67. The zero-order chi connectivity index (χ0) is 15.3. The zero-order valence-corrected chi connectivity index (χ0v) is 12.2. The van der Waals surface area contributed by atoms with Gasteiger partial charge < -0.3 is 4.42 Å². The average Bonchev–Trinajstić information content (AvgIpc) is 3.00. The molecule has 0 fully saturated rings. The minimum Gasteiger partial charge on any atom is -0.463 e. The van der Waals surface area contributed by atoms with Crippen molar-refractivity contribution in [3.8, 4) is 0 Å². The van der Waals surface area contributed by atoms with Gasteiger partial charge in [0.1, 0.15) is 17.4 Å². The van der Waals surface area contributed by atoms with Gasteiger partial charge in [0.15, 0.2) is 9.84 Å². The first-order chi connectivity index (χ1) is 9.94. The number of hydrogen-bond donors (Lipinski definition) is 1. The molecule has 0 bridgehead atoms. The van der Waals surface area contributed by atoms with Crippen molar-refractivity contribution in [2.45, 2.75) is 5.88 Å². The number of aromatic nitrogens is 2. The molecule has 2 aromatic heterocycles. The molecular weight excluding hydrogens is 320 g/mol. The molecule has 0 spiro atoms. The Hall–Kier alpha value is -2.13. The lowest BCUT2D eigenvalue weighted by Gasteiger charge is -2.03. The lowest BCUT2D eigenvalue weighted by atomic mass is 10.5. The number of sulfone groups is 1. The minimum atomic E-state index is -3.67. The van der Waals surface area contributed by atoms with Gasteiger partial charge in [0.25, 0.3) is 5.91 Å². The second-order valence-electron chi connectivity index (χ2n) is 4.02. The molecule has 0 aliphatic heterocycles. The van der Waals surface area contributed by atoms with Crippen LogP contribution in [-0.2, 0) is 20.5 Å². The summed E-state index contributed by atoms with van der Waals surface area (Å²) in [5.41, 5.74) is 2.10. The van der Waals surface area contributed by atoms with Crippen LogP contribution in [0.4, 0.5) is 0 Å². The van der Waals surface area contributed by atoms with Crippen molar-refractivity contribution in [3.05, 3.63) is 41.6 Å². The van der Waals surface area contributed by atoms with Crippen LogP contribution in [0, 0.1) is 0 Å². The summed E-state index contributed by atoms with van der Waals surface area (Å²) in [5, 5.41) is 7.64. The Morgan fingerprint density at radius 3 is 3.00 bits per heavy atom. The maximum absolute atomic E-state index is 11.8. The first-order valence-corrected chi connectivity index (χ1v) is 7.88. The van der Waals surface area contributed by atoms with Crippen molar-refractivity contribution >= 4 is 33.6 Å². The van der Waals surface area contributed by atoms with Gasteiger partial charge in [-0.25, -0.2) is 13.8 Å². The van der Waals surface area contributed by atoms with Gasteiger partial charge >= 0.3 is 0 Å². The standard InChI is InChI=1S/C11H11ClN4O4S/c12-9-4-14-16(6-9)8-21(18,19)7-11(17)15-13-5-10-2-1-3-20-10/h1-6H,7-8H2,(H,15,17)/b13-5-. The molecule has 0 unspecified atom stereocenters. The molecule has 0 aliphatic carbocycles. The number of hydrazone groups is 1. The maximum atomic E-state index is 11.8. The summed E-state index contributed by atoms with van der Waals surface area (Å²) in [5.74, 6) is -1.46. The Labute approximate surface area is 125 Å². The highest BCUT2D eigenvalue weighted by molar-refractivity contribution is 7.91. The van der Waals surface area contributed by atoms with Crippen LogP contribution >= 0.6 is 11.6 Å². The van der Waals surface area contributed by atoms with E-state index in [9.17, 15) is 13.2 Å². The van der Waals surface area contributed by atoms with Crippen molar-refractivity contribution in [3.63, 3.8) is 0 Å². The van der Waals surface area contributed by atoms with Gasteiger partial charge in [-0.2, -0.15) is 10.2 Å². The van der Waals surface area contributed by atoms with E-state index in [-0.39, 0.29) is 0 Å². The fourth-order valence-corrected chi connectivity index (χ4v) is 2.68. The Morgan fingerprint density at radius 1 is 1.57 bits per heavy atom. The predicted molar refractivity (Wildman–Crippen MR) is 75.5 cm³/mol. The van der Waals surface area contributed by atoms with E-state index >= 15 is 0 Å². The zero-order valence-electron chi connectivity index (χ0n) is 10.6. The van der Waals surface area contributed by atoms with E-state index in [0.717, 1.165) is 4.68 Å². The molecule has 8 nitrogen and oxygen atoms in total. The molecule has 2 aromatic rings. The van der Waals surface area contributed by atoms with E-state index in [2.05, 4.69) is 15.6 Å². The lowest BCUT2D eigenvalue weighted by Crippen LogP contribution is -2.28. The highest BCUT2D eigenvalue weighted by Crippen LogP contribution is 2.06. The van der Waals surface area contributed by atoms with Gasteiger partial charge in [0, 0.05) is 6.20 Å². The third kappa shape index (κ3) is 5.04. The molecular formula is C11H11ClN4O4S. The van der Waals surface area contributed by atoms with Crippen LogP contribution in [0.2, 0.25) is 5.02 Å². The number of nitrogens with zero attached hydrogens (tertiary/aromatic N) is 3. The third-order valence-electron chi connectivity index (χ3n) is 2.21. The monoisotopic (exact) mass is 330 g/mol. The fraction of sp³-hybridized carbons (Fsp3) is 0.182. The number of amides is 1. The maximum Gasteiger partial charge on any atom is 0.255 e. The topological polar surface area (TPSA) is 107 Å². The smallest absolute Gasteiger partial charge is 0.255 e. The summed E-state index contributed by atoms with van der Waals surface area (Å²) >= 11 is 5.63. The van der Waals surface area contributed by atoms with E-state index in [0.29, 0.717) is 10.8 Å². The van der Waals surface area contributed by atoms with Crippen LogP contribution in [-0.4, -0.2) is 36.1 Å². The van der Waals surface area contributed by atoms with Crippen LogP contribution in [0.5, 0.6) is 0 Å². The van der Waals surface area contributed by atoms with Gasteiger partial charge in [-0.15, -0.1) is 0 Å². The quantitative estimate of drug-likeness (QED) is 0.618. The Bertz CT molecular complexity index is 736. The molecule has 1 amide bonds. The number of furan rings is 1. The first kappa shape index (κ1) is 15.3. The number of carbonyl (C=O) groups is 1. The van der Waals surface area contributed by atoms with Crippen molar-refractivity contribution in [2.75, 3.05) is 5.75 Å². The van der Waals surface area contributed by atoms with Gasteiger partial charge in [0.2, 0.25) is 0 Å². The predicted octanol–water partition coefficient (Wildman–Crippen LogP) is 0.652. The van der Waals surface area contributed by atoms with Crippen molar-refractivity contribution in [2.24, 2.45) is 5.10 Å². The highest BCUT2D eigenvalue weighted by Gasteiger charge is 2.17. The minimum absolute atomic E-state index is 0.317. The second kappa shape index (κ2) is 6.55. The van der Waals surface area contributed by atoms with E-state index in [1.165, 1.54) is 24.9 Å². The van der Waals surface area contributed by atoms with Crippen LogP contribution < -0.4 is 5.43 Å². The lowest BCUT2D eigenvalue weighted by molar-refractivity contribution is -0.118. The molecule has 2 heterocycles. The van der Waals surface area contributed by atoms with E-state index in [1.807, 2.05) is 0 Å². The van der Waals surface area contributed by atoms with Gasteiger partial charge in [-0.1, -0.05) is 11.6 Å². The Balaban J connectivity index is 1.86. The average molecular weight is 331 g/mol. The molecule has 0 aromatic carbocycles. The molecule has 10 heteroatoms. The summed E-state index contributed by atoms with van der Waals surface area (Å²) in [6, 6.07) is 3.29. The molecule has 0 atom stereocenters. The van der Waals surface area contributed by atoms with Crippen LogP contribution in [0.3, 0.4) is 0 Å². The molecule has 1 N–H and O–H groups in total. The second-order valence-corrected chi connectivity index (χ2v) is 6.49. The van der Waals surface area contributed by atoms with Gasteiger partial charge in [0.05, 0.1) is 23.7 Å². The molecule has 112 valence electrons. The number of halogens is 1. The molecule has 21 heavy (non-hydrogen) atoms. The molecule has 0 saturated heterocycles. The summed E-state index contributed by atoms with van der Waals surface area (Å²) in [6.45, 7) is 0. The van der Waals surface area contributed by atoms with Crippen molar-refractivity contribution in [1.29, 1.82) is 0 Å². The molecule has 2 rings (SSSR count). The SMILES string of the molecule is O=C(CS(=O)(=O)Cn1cc(Cl)cn1)N/N=C\c1ccco1. The third-order valence-corrected chi connectivity index (χ3v) is 3.76. The van der Waals surface area contributed by atoms with Crippen LogP contribution in [0.1, 0.15) is 5.76 Å². The molecule has 0 radical (unpaired) electrons. The Morgan fingerprint density at radius 2 is 2.38 bits per heavy atom. The highest BCUT2D eigenvalue weighted by atomic mass is 35.5. The van der Waals surface area contributed by atoms with Crippen LogP contribution in [0.15, 0.2) is 40.3 Å². The molecule has 0 saturated carbocycles. The van der Waals surface area contributed by atoms with Gasteiger partial charge in [-0.05, 0) is 12.1 Å². The van der Waals surface area contributed by atoms with E-state index in [4.69, 9.17) is 16.0 Å². The van der Waals surface area contributed by atoms with E-state index < -0.39 is 27.4 Å². The Kier molecular flexibility index (Phi) is 4.76. The number of nitrogens with one attached hydrogen (secondary N) is 1. The summed E-state index contributed by atoms with van der Waals surface area (Å²) in [6.07, 6.45) is 5.37. The number of carbonyl (C=O) groups excluding carboxylic acids is 1. The van der Waals surface area contributed by atoms with Gasteiger partial charge in [-0.3, -0.25) is 9.48 Å². The van der Waals surface area contributed by atoms with Crippen molar-refractivity contribution < 1.29 is 17.6 Å². The largest absolute Gasteiger partial charge is 0.463 e. The van der Waals surface area contributed by atoms with Crippen molar-refractivity contribution in [1.82, 2.24) is 15.2 Å². The molecule has 0 aliphatic rings.